The minimum absolute atomic E-state index is 0.00800. The molecule has 11 heteroatoms. The highest BCUT2D eigenvalue weighted by Crippen LogP contribution is 2.65. The molecule has 4 aliphatic carbocycles. The van der Waals surface area contributed by atoms with Crippen LogP contribution in [0, 0.1) is 38.7 Å². The van der Waals surface area contributed by atoms with E-state index in [0.717, 1.165) is 56.7 Å². The van der Waals surface area contributed by atoms with Crippen LogP contribution in [0.3, 0.4) is 0 Å². The predicted molar refractivity (Wildman–Crippen MR) is 149 cm³/mol. The van der Waals surface area contributed by atoms with Gasteiger partial charge in [0.2, 0.25) is 0 Å². The van der Waals surface area contributed by atoms with Gasteiger partial charge in [-0.05, 0) is 91.6 Å². The molecule has 3 saturated carbocycles. The number of oxime groups is 1. The number of nitro groups is 1. The fourth-order valence-electron chi connectivity index (χ4n) is 8.29. The molecule has 0 aromatic heterocycles. The summed E-state index contributed by atoms with van der Waals surface area (Å²) in [5.41, 5.74) is 1.93. The first-order valence-electron chi connectivity index (χ1n) is 14.5. The van der Waals surface area contributed by atoms with E-state index in [1.165, 1.54) is 23.8 Å². The van der Waals surface area contributed by atoms with E-state index in [1.54, 1.807) is 0 Å². The topological polar surface area (TPSA) is 172 Å². The van der Waals surface area contributed by atoms with Gasteiger partial charge in [-0.2, -0.15) is 0 Å². The number of nitrogens with zero attached hydrogens (tertiary/aromatic N) is 2. The lowest BCUT2D eigenvalue weighted by atomic mass is 9.47. The number of carboxylic acids is 1. The zero-order valence-corrected chi connectivity index (χ0v) is 23.5. The molecule has 41 heavy (non-hydrogen) atoms. The van der Waals surface area contributed by atoms with Crippen LogP contribution in [0.4, 0.5) is 5.69 Å². The summed E-state index contributed by atoms with van der Waals surface area (Å²) in [5, 5.41) is 48.2. The smallest absolute Gasteiger partial charge is 0.329 e. The van der Waals surface area contributed by atoms with Gasteiger partial charge >= 0.3 is 5.97 Å². The van der Waals surface area contributed by atoms with Crippen molar-refractivity contribution in [2.75, 3.05) is 6.61 Å². The molecule has 1 aromatic carbocycles. The molecule has 0 heterocycles. The molecule has 5 rings (SSSR count). The van der Waals surface area contributed by atoms with Gasteiger partial charge in [0.1, 0.15) is 6.10 Å². The number of nitro benzene ring substituents is 1. The van der Waals surface area contributed by atoms with Crippen molar-refractivity contribution in [2.45, 2.75) is 83.5 Å². The van der Waals surface area contributed by atoms with Crippen molar-refractivity contribution in [1.82, 2.24) is 5.32 Å². The first-order valence-corrected chi connectivity index (χ1v) is 14.5. The Morgan fingerprint density at radius 1 is 1.17 bits per heavy atom. The number of aliphatic hydroxyl groups excluding tert-OH is 2. The number of nitrogens with one attached hydrogen (secondary N) is 1. The number of rotatable bonds is 8. The minimum atomic E-state index is -1.73. The number of carbonyl (C=O) groups is 2. The first kappa shape index (κ1) is 29.2. The van der Waals surface area contributed by atoms with Crippen LogP contribution in [0.1, 0.15) is 76.9 Å². The molecule has 0 unspecified atom stereocenters. The van der Waals surface area contributed by atoms with Gasteiger partial charge in [0.15, 0.2) is 12.6 Å². The zero-order valence-electron chi connectivity index (χ0n) is 23.5. The number of hydrogen-bond donors (Lipinski definition) is 4. The molecule has 4 N–H and O–H groups in total. The quantitative estimate of drug-likeness (QED) is 0.270. The molecule has 11 nitrogen and oxygen atoms in total. The number of carboxylic acid groups (broad SMARTS) is 1. The molecular weight excluding hydrogens is 530 g/mol. The molecule has 0 radical (unpaired) electrons. The Bertz CT molecular complexity index is 1280. The zero-order chi connectivity index (χ0) is 29.5. The summed E-state index contributed by atoms with van der Waals surface area (Å²) >= 11 is 0. The Morgan fingerprint density at radius 3 is 2.68 bits per heavy atom. The van der Waals surface area contributed by atoms with E-state index in [2.05, 4.69) is 30.4 Å². The predicted octanol–water partition coefficient (Wildman–Crippen LogP) is 3.89. The fourth-order valence-corrected chi connectivity index (χ4v) is 8.29. The third kappa shape index (κ3) is 5.37. The Balaban J connectivity index is 1.19. The molecule has 8 atom stereocenters. The monoisotopic (exact) mass is 569 g/mol. The van der Waals surface area contributed by atoms with Gasteiger partial charge in [0, 0.05) is 12.1 Å². The van der Waals surface area contributed by atoms with Gasteiger partial charge in [0.05, 0.1) is 16.7 Å². The van der Waals surface area contributed by atoms with Gasteiger partial charge in [0.25, 0.3) is 11.6 Å². The van der Waals surface area contributed by atoms with E-state index < -0.39 is 35.6 Å². The summed E-state index contributed by atoms with van der Waals surface area (Å²) in [6, 6.07) is 3.24. The van der Waals surface area contributed by atoms with E-state index in [0.29, 0.717) is 24.2 Å². The van der Waals surface area contributed by atoms with Crippen LogP contribution < -0.4 is 5.32 Å². The van der Waals surface area contributed by atoms with Crippen molar-refractivity contribution in [3.63, 3.8) is 0 Å². The van der Waals surface area contributed by atoms with E-state index in [4.69, 9.17) is 4.84 Å². The van der Waals surface area contributed by atoms with Crippen LogP contribution in [0.2, 0.25) is 0 Å². The van der Waals surface area contributed by atoms with Crippen molar-refractivity contribution in [3.8, 4) is 0 Å². The lowest BCUT2D eigenvalue weighted by Crippen LogP contribution is -2.51. The molecule has 1 amide bonds. The molecule has 1 aromatic rings. The summed E-state index contributed by atoms with van der Waals surface area (Å²) in [6.45, 7) is 4.11. The second kappa shape index (κ2) is 11.2. The van der Waals surface area contributed by atoms with Crippen LogP contribution in [0.5, 0.6) is 0 Å². The average molecular weight is 570 g/mol. The first-order chi connectivity index (χ1) is 19.4. The number of aliphatic hydroxyl groups is 2. The van der Waals surface area contributed by atoms with Crippen molar-refractivity contribution in [2.24, 2.45) is 33.7 Å². The third-order valence-electron chi connectivity index (χ3n) is 10.6. The maximum absolute atomic E-state index is 12.5. The highest BCUT2D eigenvalue weighted by atomic mass is 16.6. The number of hydrogen-bond acceptors (Lipinski definition) is 8. The van der Waals surface area contributed by atoms with Gasteiger partial charge in [-0.25, -0.2) is 4.79 Å². The average Bonchev–Trinajstić information content (AvgIpc) is 3.25. The van der Waals surface area contributed by atoms with Gasteiger partial charge in [-0.15, -0.1) is 0 Å². The number of non-ortho nitro benzene ring substituents is 1. The largest absolute Gasteiger partial charge is 0.480 e. The molecule has 4 aliphatic rings. The van der Waals surface area contributed by atoms with Gasteiger partial charge < -0.3 is 25.5 Å². The number of carbonyl (C=O) groups excluding carboxylic acids is 1. The number of benzene rings is 1. The maximum Gasteiger partial charge on any atom is 0.329 e. The summed E-state index contributed by atoms with van der Waals surface area (Å²) in [6.07, 6.45) is 8.16. The molecule has 0 saturated heterocycles. The number of aliphatic carboxylic acids is 1. The second-order valence-electron chi connectivity index (χ2n) is 12.7. The Hall–Kier alpha value is -3.31. The highest BCUT2D eigenvalue weighted by Gasteiger charge is 2.58. The number of amides is 1. The van der Waals surface area contributed by atoms with Crippen LogP contribution in [-0.2, 0) is 14.4 Å². The molecule has 0 bridgehead atoms. The molecule has 0 aliphatic heterocycles. The van der Waals surface area contributed by atoms with E-state index in [1.807, 2.05) is 0 Å². The van der Waals surface area contributed by atoms with Crippen molar-refractivity contribution in [3.05, 3.63) is 51.6 Å². The Morgan fingerprint density at radius 2 is 1.95 bits per heavy atom. The van der Waals surface area contributed by atoms with E-state index in [9.17, 15) is 35.0 Å². The summed E-state index contributed by atoms with van der Waals surface area (Å²) < 4.78 is 0. The number of fused-ring (bicyclic) bond motifs is 5. The normalized spacial score (nSPS) is 34.8. The lowest BCUT2D eigenvalue weighted by molar-refractivity contribution is -0.385. The SMILES string of the molecule is C[C@]12CC[C@H]3[C@@H](CCC4=C/C(=N/OCC(=O)N[C@H](C(=O)O)[C@H](O)c5cccc([N+](=O)[O-])c5)CC[C@@]43C)[C@@H]1CC[C@H]2O. The van der Waals surface area contributed by atoms with Crippen LogP contribution in [-0.4, -0.2) is 56.6 Å². The van der Waals surface area contributed by atoms with Crippen LogP contribution in [0.25, 0.3) is 0 Å². The van der Waals surface area contributed by atoms with Crippen LogP contribution in [0.15, 0.2) is 41.1 Å². The number of allylic oxidation sites excluding steroid dienone is 2. The fraction of sp³-hybridized carbons (Fsp3) is 0.633. The summed E-state index contributed by atoms with van der Waals surface area (Å²) in [7, 11) is 0. The molecule has 222 valence electrons. The van der Waals surface area contributed by atoms with E-state index >= 15 is 0 Å². The Kier molecular flexibility index (Phi) is 7.95. The van der Waals surface area contributed by atoms with Crippen molar-refractivity contribution >= 4 is 23.3 Å². The Labute approximate surface area is 238 Å². The molecule has 3 fully saturated rings. The standard InChI is InChI=1S/C30H39N3O8/c1-29-12-10-19(15-18(29)6-7-21-22-8-9-24(34)30(22,2)13-11-23(21)29)32-41-16-25(35)31-26(28(37)38)27(36)17-4-3-5-20(14-17)33(39)40/h3-5,14-15,21-24,26-27,34,36H,6-13,16H2,1-2H3,(H,31,35)(H,37,38)/b32-19+/t21-,22-,23-,24+,26-,27+,29-,30-/m0/s1. The van der Waals surface area contributed by atoms with Crippen molar-refractivity contribution < 1.29 is 34.7 Å². The third-order valence-corrected chi connectivity index (χ3v) is 10.6. The molecule has 0 spiro atoms. The lowest BCUT2D eigenvalue weighted by Gasteiger charge is -2.57. The van der Waals surface area contributed by atoms with Crippen LogP contribution >= 0.6 is 0 Å². The molecular formula is C30H39N3O8. The van der Waals surface area contributed by atoms with Crippen molar-refractivity contribution in [1.29, 1.82) is 0 Å². The van der Waals surface area contributed by atoms with Gasteiger partial charge in [-0.3, -0.25) is 14.9 Å². The summed E-state index contributed by atoms with van der Waals surface area (Å²) in [4.78, 5) is 39.9. The second-order valence-corrected chi connectivity index (χ2v) is 12.7. The van der Waals surface area contributed by atoms with Gasteiger partial charge in [-0.1, -0.05) is 36.7 Å². The summed E-state index contributed by atoms with van der Waals surface area (Å²) in [5.74, 6) is -0.484. The highest BCUT2D eigenvalue weighted by molar-refractivity contribution is 5.96. The minimum Gasteiger partial charge on any atom is -0.480 e. The maximum atomic E-state index is 12.5. The van der Waals surface area contributed by atoms with E-state index in [-0.39, 0.29) is 28.2 Å².